The maximum atomic E-state index is 12.1. The molecule has 0 aliphatic carbocycles. The van der Waals surface area contributed by atoms with Crippen LogP contribution < -0.4 is 9.47 Å². The molecule has 0 amide bonds. The van der Waals surface area contributed by atoms with Gasteiger partial charge in [0.15, 0.2) is 11.5 Å². The second-order valence-corrected chi connectivity index (χ2v) is 6.06. The summed E-state index contributed by atoms with van der Waals surface area (Å²) in [5.74, 6) is 0.381. The molecule has 134 valence electrons. The number of rotatable bonds is 4. The monoisotopic (exact) mass is 359 g/mol. The molecule has 0 fully saturated rings. The van der Waals surface area contributed by atoms with E-state index in [9.17, 15) is 9.90 Å². The molecular formula is C22H17NO4. The van der Waals surface area contributed by atoms with Crippen LogP contribution in [0.5, 0.6) is 17.2 Å². The number of phenols is 1. The molecule has 0 spiro atoms. The molecule has 5 heteroatoms. The number of benzene rings is 3. The zero-order valence-electron chi connectivity index (χ0n) is 14.6. The van der Waals surface area contributed by atoms with E-state index in [1.54, 1.807) is 24.3 Å². The quantitative estimate of drug-likeness (QED) is 0.316. The van der Waals surface area contributed by atoms with Crippen LogP contribution in [-0.2, 0) is 4.79 Å². The van der Waals surface area contributed by atoms with Gasteiger partial charge in [-0.25, -0.2) is 4.79 Å². The van der Waals surface area contributed by atoms with E-state index >= 15 is 0 Å². The molecule has 2 N–H and O–H groups in total. The van der Waals surface area contributed by atoms with Gasteiger partial charge in [0.2, 0.25) is 0 Å². The number of aromatic nitrogens is 1. The fourth-order valence-corrected chi connectivity index (χ4v) is 3.00. The van der Waals surface area contributed by atoms with Gasteiger partial charge in [0, 0.05) is 27.9 Å². The number of methoxy groups -OCH3 is 1. The molecule has 1 heterocycles. The molecule has 5 nitrogen and oxygen atoms in total. The van der Waals surface area contributed by atoms with Crippen LogP contribution in [0.2, 0.25) is 0 Å². The van der Waals surface area contributed by atoms with Gasteiger partial charge in [-0.2, -0.15) is 0 Å². The molecular weight excluding hydrogens is 342 g/mol. The normalized spacial score (nSPS) is 11.3. The Kier molecular flexibility index (Phi) is 4.26. The van der Waals surface area contributed by atoms with Crippen molar-refractivity contribution in [3.63, 3.8) is 0 Å². The molecule has 3 aromatic carbocycles. The number of hydrogen-bond donors (Lipinski definition) is 2. The van der Waals surface area contributed by atoms with Gasteiger partial charge in [-0.1, -0.05) is 24.3 Å². The number of aromatic amines is 1. The maximum absolute atomic E-state index is 12.1. The number of carbonyl (C=O) groups excluding carboxylic acids is 1. The minimum absolute atomic E-state index is 0.0456. The van der Waals surface area contributed by atoms with Crippen LogP contribution in [0.1, 0.15) is 5.56 Å². The summed E-state index contributed by atoms with van der Waals surface area (Å²) in [6.45, 7) is 0. The Hall–Kier alpha value is -3.73. The summed E-state index contributed by atoms with van der Waals surface area (Å²) in [7, 11) is 1.47. The second kappa shape index (κ2) is 6.88. The number of H-pyrrole nitrogens is 1. The predicted molar refractivity (Wildman–Crippen MR) is 105 cm³/mol. The van der Waals surface area contributed by atoms with Crippen LogP contribution in [0.15, 0.2) is 66.7 Å². The molecule has 0 bridgehead atoms. The number of para-hydroxylation sites is 1. The van der Waals surface area contributed by atoms with E-state index in [0.717, 1.165) is 21.8 Å². The Morgan fingerprint density at radius 3 is 2.67 bits per heavy atom. The van der Waals surface area contributed by atoms with Gasteiger partial charge in [-0.3, -0.25) is 0 Å². The number of carbonyl (C=O) groups is 1. The lowest BCUT2D eigenvalue weighted by molar-refractivity contribution is -0.128. The highest BCUT2D eigenvalue weighted by Crippen LogP contribution is 2.29. The molecule has 1 aromatic heterocycles. The first-order chi connectivity index (χ1) is 13.1. The van der Waals surface area contributed by atoms with Gasteiger partial charge in [-0.15, -0.1) is 0 Å². The lowest BCUT2D eigenvalue weighted by atomic mass is 10.1. The van der Waals surface area contributed by atoms with Gasteiger partial charge in [0.25, 0.3) is 0 Å². The topological polar surface area (TPSA) is 71.5 Å². The Labute approximate surface area is 155 Å². The third-order valence-electron chi connectivity index (χ3n) is 4.31. The van der Waals surface area contributed by atoms with Crippen molar-refractivity contribution in [3.05, 3.63) is 72.3 Å². The fourth-order valence-electron chi connectivity index (χ4n) is 3.00. The number of phenolic OH excluding ortho intramolecular Hbond substituents is 1. The lowest BCUT2D eigenvalue weighted by Crippen LogP contribution is -2.03. The van der Waals surface area contributed by atoms with Crippen LogP contribution >= 0.6 is 0 Å². The first-order valence-electron chi connectivity index (χ1n) is 8.41. The van der Waals surface area contributed by atoms with Gasteiger partial charge in [0.05, 0.1) is 7.11 Å². The Morgan fingerprint density at radius 1 is 1.00 bits per heavy atom. The third-order valence-corrected chi connectivity index (χ3v) is 4.31. The van der Waals surface area contributed by atoms with Crippen molar-refractivity contribution in [2.45, 2.75) is 0 Å². The van der Waals surface area contributed by atoms with E-state index in [1.165, 1.54) is 19.3 Å². The third kappa shape index (κ3) is 3.35. The SMILES string of the molecule is COc1cc(/C=C/C(=O)Oc2ccc3[nH]c4ccccc4c3c2)ccc1O. The van der Waals surface area contributed by atoms with Crippen LogP contribution in [0.4, 0.5) is 0 Å². The molecule has 27 heavy (non-hydrogen) atoms. The van der Waals surface area contributed by atoms with Gasteiger partial charge < -0.3 is 19.6 Å². The Bertz CT molecular complexity index is 1170. The number of fused-ring (bicyclic) bond motifs is 3. The average Bonchev–Trinajstić information content (AvgIpc) is 3.05. The lowest BCUT2D eigenvalue weighted by Gasteiger charge is -2.04. The van der Waals surface area contributed by atoms with Gasteiger partial charge in [-0.05, 0) is 48.0 Å². The summed E-state index contributed by atoms with van der Waals surface area (Å²) >= 11 is 0. The molecule has 0 saturated heterocycles. The van der Waals surface area contributed by atoms with E-state index in [4.69, 9.17) is 9.47 Å². The van der Waals surface area contributed by atoms with Crippen molar-refractivity contribution in [2.24, 2.45) is 0 Å². The number of hydrogen-bond acceptors (Lipinski definition) is 4. The summed E-state index contributed by atoms with van der Waals surface area (Å²) in [5, 5.41) is 11.7. The van der Waals surface area contributed by atoms with E-state index in [0.29, 0.717) is 17.1 Å². The summed E-state index contributed by atoms with van der Waals surface area (Å²) < 4.78 is 10.5. The minimum atomic E-state index is -0.485. The van der Waals surface area contributed by atoms with E-state index < -0.39 is 5.97 Å². The number of esters is 1. The molecule has 4 rings (SSSR count). The number of nitrogens with one attached hydrogen (secondary N) is 1. The first kappa shape index (κ1) is 16.7. The van der Waals surface area contributed by atoms with E-state index in [-0.39, 0.29) is 5.75 Å². The van der Waals surface area contributed by atoms with Crippen LogP contribution in [0.25, 0.3) is 27.9 Å². The number of aromatic hydroxyl groups is 1. The average molecular weight is 359 g/mol. The number of ether oxygens (including phenoxy) is 2. The largest absolute Gasteiger partial charge is 0.504 e. The van der Waals surface area contributed by atoms with Crippen molar-refractivity contribution < 1.29 is 19.4 Å². The maximum Gasteiger partial charge on any atom is 0.336 e. The molecule has 0 aliphatic heterocycles. The van der Waals surface area contributed by atoms with Crippen LogP contribution in [0.3, 0.4) is 0 Å². The highest BCUT2D eigenvalue weighted by molar-refractivity contribution is 6.07. The van der Waals surface area contributed by atoms with Crippen LogP contribution in [0, 0.1) is 0 Å². The molecule has 0 atom stereocenters. The minimum Gasteiger partial charge on any atom is -0.504 e. The van der Waals surface area contributed by atoms with Crippen molar-refractivity contribution in [3.8, 4) is 17.2 Å². The highest BCUT2D eigenvalue weighted by atomic mass is 16.5. The molecule has 4 aromatic rings. The standard InChI is InChI=1S/C22H17NO4/c1-26-21-12-14(6-10-20(21)24)7-11-22(25)27-15-8-9-19-17(13-15)16-4-2-3-5-18(16)23-19/h2-13,23-24H,1H3/b11-7+. The molecule has 0 radical (unpaired) electrons. The van der Waals surface area contributed by atoms with E-state index in [2.05, 4.69) is 4.98 Å². The summed E-state index contributed by atoms with van der Waals surface area (Å²) in [5.41, 5.74) is 2.74. The van der Waals surface area contributed by atoms with Crippen molar-refractivity contribution >= 4 is 33.9 Å². The highest BCUT2D eigenvalue weighted by Gasteiger charge is 2.07. The van der Waals surface area contributed by atoms with Gasteiger partial charge in [0.1, 0.15) is 5.75 Å². The van der Waals surface area contributed by atoms with Crippen molar-refractivity contribution in [1.29, 1.82) is 0 Å². The van der Waals surface area contributed by atoms with Crippen molar-refractivity contribution in [2.75, 3.05) is 7.11 Å². The molecule has 0 aliphatic rings. The second-order valence-electron chi connectivity index (χ2n) is 6.06. The first-order valence-corrected chi connectivity index (χ1v) is 8.41. The van der Waals surface area contributed by atoms with E-state index in [1.807, 2.05) is 36.4 Å². The zero-order valence-corrected chi connectivity index (χ0v) is 14.6. The summed E-state index contributed by atoms with van der Waals surface area (Å²) in [4.78, 5) is 15.5. The smallest absolute Gasteiger partial charge is 0.336 e. The van der Waals surface area contributed by atoms with Crippen LogP contribution in [-0.4, -0.2) is 23.2 Å². The molecule has 0 unspecified atom stereocenters. The Balaban J connectivity index is 1.54. The van der Waals surface area contributed by atoms with Crippen molar-refractivity contribution in [1.82, 2.24) is 4.98 Å². The summed E-state index contributed by atoms with van der Waals surface area (Å²) in [6, 6.07) is 18.3. The predicted octanol–water partition coefficient (Wildman–Crippen LogP) is 4.65. The molecule has 0 saturated carbocycles. The zero-order chi connectivity index (χ0) is 18.8. The Morgan fingerprint density at radius 2 is 1.81 bits per heavy atom. The van der Waals surface area contributed by atoms with Gasteiger partial charge >= 0.3 is 5.97 Å². The fraction of sp³-hybridized carbons (Fsp3) is 0.0455. The summed E-state index contributed by atoms with van der Waals surface area (Å²) in [6.07, 6.45) is 2.94.